The molecule has 5 nitrogen and oxygen atoms in total. The van der Waals surface area contributed by atoms with Crippen LogP contribution in [-0.2, 0) is 13.1 Å². The van der Waals surface area contributed by atoms with Gasteiger partial charge in [-0.1, -0.05) is 24.4 Å². The van der Waals surface area contributed by atoms with Gasteiger partial charge >= 0.3 is 5.69 Å². The Labute approximate surface area is 127 Å². The molecular formula is C15H17N3O2S. The molecule has 0 saturated carbocycles. The lowest BCUT2D eigenvalue weighted by atomic mass is 10.0. The molecule has 0 radical (unpaired) electrons. The molecule has 0 atom stereocenters. The van der Waals surface area contributed by atoms with Gasteiger partial charge in [-0.15, -0.1) is 0 Å². The predicted octanol–water partition coefficient (Wildman–Crippen LogP) is 1.02. The van der Waals surface area contributed by atoms with Crippen LogP contribution in [0.2, 0.25) is 0 Å². The van der Waals surface area contributed by atoms with Crippen LogP contribution >= 0.6 is 12.2 Å². The van der Waals surface area contributed by atoms with Gasteiger partial charge in [0.05, 0.1) is 6.54 Å². The molecule has 0 unspecified atom stereocenters. The zero-order valence-corrected chi connectivity index (χ0v) is 12.8. The number of benzene rings is 1. The van der Waals surface area contributed by atoms with Crippen molar-refractivity contribution in [2.45, 2.75) is 26.9 Å². The number of nitrogens with zero attached hydrogens (tertiary/aromatic N) is 2. The Morgan fingerprint density at radius 2 is 2.00 bits per heavy atom. The average molecular weight is 303 g/mol. The van der Waals surface area contributed by atoms with Crippen LogP contribution < -0.4 is 17.0 Å². The van der Waals surface area contributed by atoms with E-state index >= 15 is 0 Å². The van der Waals surface area contributed by atoms with Crippen LogP contribution in [0.15, 0.2) is 40.1 Å². The van der Waals surface area contributed by atoms with E-state index in [-0.39, 0.29) is 17.8 Å². The van der Waals surface area contributed by atoms with Gasteiger partial charge in [-0.05, 0) is 31.0 Å². The smallest absolute Gasteiger partial charge is 0.331 e. The number of rotatable bonds is 4. The minimum Gasteiger partial charge on any atom is -0.389 e. The summed E-state index contributed by atoms with van der Waals surface area (Å²) >= 11 is 4.94. The van der Waals surface area contributed by atoms with E-state index in [1.54, 1.807) is 6.07 Å². The Kier molecular flexibility index (Phi) is 4.37. The highest BCUT2D eigenvalue weighted by Gasteiger charge is 2.08. The molecule has 6 heteroatoms. The molecule has 0 amide bonds. The summed E-state index contributed by atoms with van der Waals surface area (Å²) in [5, 5.41) is 0. The maximum absolute atomic E-state index is 12.2. The molecule has 110 valence electrons. The Bertz CT molecular complexity index is 805. The quantitative estimate of drug-likeness (QED) is 0.856. The Hall–Kier alpha value is -2.21. The fourth-order valence-corrected chi connectivity index (χ4v) is 2.27. The standard InChI is InChI=1S/C15H17N3O2S/c1-3-17-7-6-13(19)18(15(17)20)9-12-5-4-11(14(16)21)8-10(12)2/h4-8H,3,9H2,1-2H3,(H2,16,21). The molecule has 2 N–H and O–H groups in total. The molecule has 1 heterocycles. The normalized spacial score (nSPS) is 10.6. The summed E-state index contributed by atoms with van der Waals surface area (Å²) < 4.78 is 2.73. The Balaban J connectivity index is 2.46. The number of hydrogen-bond donors (Lipinski definition) is 1. The summed E-state index contributed by atoms with van der Waals surface area (Å²) in [6, 6.07) is 6.92. The lowest BCUT2D eigenvalue weighted by Crippen LogP contribution is -2.39. The highest BCUT2D eigenvalue weighted by atomic mass is 32.1. The molecule has 2 rings (SSSR count). The minimum absolute atomic E-state index is 0.238. The van der Waals surface area contributed by atoms with Crippen LogP contribution in [0.4, 0.5) is 0 Å². The topological polar surface area (TPSA) is 70.0 Å². The van der Waals surface area contributed by atoms with E-state index in [1.807, 2.05) is 26.0 Å². The van der Waals surface area contributed by atoms with Crippen molar-refractivity contribution in [1.29, 1.82) is 0 Å². The zero-order chi connectivity index (χ0) is 15.6. The third kappa shape index (κ3) is 3.11. The summed E-state index contributed by atoms with van der Waals surface area (Å²) in [6.07, 6.45) is 1.52. The number of aromatic nitrogens is 2. The molecule has 0 saturated heterocycles. The monoisotopic (exact) mass is 303 g/mol. The maximum atomic E-state index is 12.2. The van der Waals surface area contributed by atoms with Crippen LogP contribution in [0, 0.1) is 6.92 Å². The van der Waals surface area contributed by atoms with E-state index < -0.39 is 0 Å². The summed E-state index contributed by atoms with van der Waals surface area (Å²) in [5.41, 5.74) is 7.60. The van der Waals surface area contributed by atoms with Gasteiger partial charge in [0.25, 0.3) is 5.56 Å². The SMILES string of the molecule is CCn1ccc(=O)n(Cc2ccc(C(N)=S)cc2C)c1=O. The van der Waals surface area contributed by atoms with Crippen molar-refractivity contribution in [2.24, 2.45) is 5.73 Å². The van der Waals surface area contributed by atoms with Crippen molar-refractivity contribution in [1.82, 2.24) is 9.13 Å². The average Bonchev–Trinajstić information content (AvgIpc) is 2.44. The van der Waals surface area contributed by atoms with Crippen molar-refractivity contribution in [3.8, 4) is 0 Å². The van der Waals surface area contributed by atoms with Crippen molar-refractivity contribution in [2.75, 3.05) is 0 Å². The molecule has 1 aromatic carbocycles. The first kappa shape index (κ1) is 15.2. The van der Waals surface area contributed by atoms with Gasteiger partial charge in [-0.3, -0.25) is 9.36 Å². The second kappa shape index (κ2) is 6.05. The number of thiocarbonyl (C=S) groups is 1. The largest absolute Gasteiger partial charge is 0.389 e. The zero-order valence-electron chi connectivity index (χ0n) is 12.0. The molecular weight excluding hydrogens is 286 g/mol. The van der Waals surface area contributed by atoms with Gasteiger partial charge in [0.2, 0.25) is 0 Å². The molecule has 0 aliphatic heterocycles. The molecule has 2 aromatic rings. The lowest BCUT2D eigenvalue weighted by molar-refractivity contribution is 0.599. The van der Waals surface area contributed by atoms with Crippen LogP contribution in [-0.4, -0.2) is 14.1 Å². The Morgan fingerprint density at radius 1 is 1.29 bits per heavy atom. The van der Waals surface area contributed by atoms with Crippen LogP contribution in [0.25, 0.3) is 0 Å². The molecule has 0 bridgehead atoms. The fraction of sp³-hybridized carbons (Fsp3) is 0.267. The third-order valence-electron chi connectivity index (χ3n) is 3.44. The molecule has 1 aromatic heterocycles. The maximum Gasteiger partial charge on any atom is 0.331 e. The van der Waals surface area contributed by atoms with E-state index in [0.29, 0.717) is 11.5 Å². The van der Waals surface area contributed by atoms with Gasteiger partial charge in [-0.25, -0.2) is 4.79 Å². The molecule has 21 heavy (non-hydrogen) atoms. The summed E-state index contributed by atoms with van der Waals surface area (Å²) in [5.74, 6) is 0. The van der Waals surface area contributed by atoms with E-state index in [9.17, 15) is 9.59 Å². The van der Waals surface area contributed by atoms with Crippen molar-refractivity contribution >= 4 is 17.2 Å². The Morgan fingerprint density at radius 3 is 2.57 bits per heavy atom. The van der Waals surface area contributed by atoms with Crippen LogP contribution in [0.1, 0.15) is 23.6 Å². The third-order valence-corrected chi connectivity index (χ3v) is 3.67. The van der Waals surface area contributed by atoms with Gasteiger partial charge in [0.1, 0.15) is 4.99 Å². The predicted molar refractivity (Wildman–Crippen MR) is 86.8 cm³/mol. The highest BCUT2D eigenvalue weighted by molar-refractivity contribution is 7.80. The van der Waals surface area contributed by atoms with E-state index in [0.717, 1.165) is 16.7 Å². The van der Waals surface area contributed by atoms with Gasteiger partial charge in [0, 0.05) is 24.4 Å². The molecule has 0 spiro atoms. The number of nitrogens with two attached hydrogens (primary N) is 1. The first-order valence-electron chi connectivity index (χ1n) is 6.63. The van der Waals surface area contributed by atoms with Crippen LogP contribution in [0.5, 0.6) is 0 Å². The van der Waals surface area contributed by atoms with E-state index in [1.165, 1.54) is 21.4 Å². The number of aryl methyl sites for hydroxylation is 2. The lowest BCUT2D eigenvalue weighted by Gasteiger charge is -2.11. The first-order chi connectivity index (χ1) is 9.93. The van der Waals surface area contributed by atoms with Crippen molar-refractivity contribution in [3.05, 3.63) is 68.0 Å². The molecule has 0 aliphatic rings. The second-order valence-corrected chi connectivity index (χ2v) is 5.25. The van der Waals surface area contributed by atoms with Gasteiger partial charge in [0.15, 0.2) is 0 Å². The van der Waals surface area contributed by atoms with E-state index in [4.69, 9.17) is 18.0 Å². The fourth-order valence-electron chi connectivity index (χ4n) is 2.14. The summed E-state index contributed by atoms with van der Waals surface area (Å²) in [4.78, 5) is 24.4. The van der Waals surface area contributed by atoms with Crippen LogP contribution in [0.3, 0.4) is 0 Å². The minimum atomic E-state index is -0.303. The number of hydrogen-bond acceptors (Lipinski definition) is 3. The first-order valence-corrected chi connectivity index (χ1v) is 7.04. The molecule has 0 fully saturated rings. The summed E-state index contributed by atoms with van der Waals surface area (Å²) in [7, 11) is 0. The van der Waals surface area contributed by atoms with Crippen molar-refractivity contribution < 1.29 is 0 Å². The highest BCUT2D eigenvalue weighted by Crippen LogP contribution is 2.11. The van der Waals surface area contributed by atoms with E-state index in [2.05, 4.69) is 0 Å². The van der Waals surface area contributed by atoms with Gasteiger partial charge in [-0.2, -0.15) is 0 Å². The van der Waals surface area contributed by atoms with Crippen molar-refractivity contribution in [3.63, 3.8) is 0 Å². The van der Waals surface area contributed by atoms with Gasteiger partial charge < -0.3 is 10.3 Å². The molecule has 0 aliphatic carbocycles. The summed E-state index contributed by atoms with van der Waals surface area (Å²) in [6.45, 7) is 4.53. The second-order valence-electron chi connectivity index (χ2n) is 4.81.